The van der Waals surface area contributed by atoms with Crippen molar-refractivity contribution in [3.8, 4) is 5.75 Å². The molecule has 0 radical (unpaired) electrons. The quantitative estimate of drug-likeness (QED) is 0.804. The van der Waals surface area contributed by atoms with Gasteiger partial charge >= 0.3 is 6.09 Å². The van der Waals surface area contributed by atoms with E-state index in [2.05, 4.69) is 0 Å². The maximum atomic E-state index is 12.5. The van der Waals surface area contributed by atoms with E-state index in [0.717, 1.165) is 9.80 Å². The van der Waals surface area contributed by atoms with Gasteiger partial charge in [0.1, 0.15) is 5.75 Å². The fourth-order valence-corrected chi connectivity index (χ4v) is 3.24. The molecule has 2 aromatic carbocycles. The fraction of sp³-hybridized carbons (Fsp3) is 0.125. The van der Waals surface area contributed by atoms with Crippen LogP contribution in [0.1, 0.15) is 17.3 Å². The molecule has 3 rings (SSSR count). The zero-order valence-electron chi connectivity index (χ0n) is 11.4. The zero-order valence-corrected chi connectivity index (χ0v) is 12.2. The second-order valence-corrected chi connectivity index (χ2v) is 5.93. The molecule has 106 valence electrons. The number of carbonyl (C=O) groups excluding carboxylic acids is 2. The Morgan fingerprint density at radius 3 is 2.52 bits per heavy atom. The molecule has 4 nitrogen and oxygen atoms in total. The molecule has 0 fully saturated rings. The van der Waals surface area contributed by atoms with Gasteiger partial charge < -0.3 is 4.74 Å². The number of nitrogens with zero attached hydrogens (tertiary/aromatic N) is 1. The molecule has 0 spiro atoms. The largest absolute Gasteiger partial charge is 0.423 e. The summed E-state index contributed by atoms with van der Waals surface area (Å²) >= 11 is 1.47. The number of hydrogen-bond acceptors (Lipinski definition) is 4. The van der Waals surface area contributed by atoms with Gasteiger partial charge in [-0.2, -0.15) is 0 Å². The molecule has 2 aromatic rings. The van der Waals surface area contributed by atoms with Gasteiger partial charge in [0.05, 0.1) is 10.9 Å². The van der Waals surface area contributed by atoms with Crippen LogP contribution < -0.4 is 4.74 Å². The number of benzene rings is 2. The molecule has 2 amide bonds. The number of imide groups is 1. The van der Waals surface area contributed by atoms with Gasteiger partial charge in [0, 0.05) is 4.90 Å². The van der Waals surface area contributed by atoms with Crippen LogP contribution in [-0.4, -0.2) is 22.3 Å². The van der Waals surface area contributed by atoms with Gasteiger partial charge in [-0.05, 0) is 31.2 Å². The van der Waals surface area contributed by atoms with E-state index in [4.69, 9.17) is 4.74 Å². The van der Waals surface area contributed by atoms with Crippen LogP contribution in [0.3, 0.4) is 0 Å². The first kappa shape index (κ1) is 13.7. The lowest BCUT2D eigenvalue weighted by Gasteiger charge is -2.31. The lowest BCUT2D eigenvalue weighted by molar-refractivity contribution is 0.0734. The van der Waals surface area contributed by atoms with E-state index in [0.29, 0.717) is 11.3 Å². The van der Waals surface area contributed by atoms with E-state index in [1.807, 2.05) is 25.1 Å². The van der Waals surface area contributed by atoms with Crippen LogP contribution in [0.5, 0.6) is 5.75 Å². The number of carbonyl (C=O) groups is 2. The Balaban J connectivity index is 1.85. The van der Waals surface area contributed by atoms with Crippen molar-refractivity contribution in [3.05, 3.63) is 60.2 Å². The molecular formula is C16H13NO3S. The molecule has 1 heterocycles. The SMILES string of the molecule is CC1Sc2ccccc2C(=O)N1C(=O)Oc1ccccc1. The summed E-state index contributed by atoms with van der Waals surface area (Å²) in [6.45, 7) is 1.81. The van der Waals surface area contributed by atoms with Gasteiger partial charge in [0.2, 0.25) is 0 Å². The summed E-state index contributed by atoms with van der Waals surface area (Å²) in [5, 5.41) is -0.302. The lowest BCUT2D eigenvalue weighted by atomic mass is 10.2. The highest BCUT2D eigenvalue weighted by Crippen LogP contribution is 2.35. The van der Waals surface area contributed by atoms with Crippen LogP contribution in [0.2, 0.25) is 0 Å². The van der Waals surface area contributed by atoms with Gasteiger partial charge in [-0.15, -0.1) is 0 Å². The molecule has 1 atom stereocenters. The number of hydrogen-bond donors (Lipinski definition) is 0. The highest BCUT2D eigenvalue weighted by Gasteiger charge is 2.36. The first-order valence-electron chi connectivity index (χ1n) is 6.53. The Labute approximate surface area is 126 Å². The van der Waals surface area contributed by atoms with Crippen molar-refractivity contribution in [2.45, 2.75) is 17.2 Å². The Morgan fingerprint density at radius 2 is 1.76 bits per heavy atom. The lowest BCUT2D eigenvalue weighted by Crippen LogP contribution is -2.45. The van der Waals surface area contributed by atoms with Crippen LogP contribution in [0, 0.1) is 0 Å². The second-order valence-electron chi connectivity index (χ2n) is 4.57. The van der Waals surface area contributed by atoms with Crippen molar-refractivity contribution in [2.24, 2.45) is 0 Å². The molecule has 1 aliphatic heterocycles. The molecule has 0 N–H and O–H groups in total. The number of fused-ring (bicyclic) bond motifs is 1. The molecule has 0 saturated carbocycles. The Hall–Kier alpha value is -2.27. The third-order valence-electron chi connectivity index (χ3n) is 3.14. The van der Waals surface area contributed by atoms with Crippen LogP contribution in [0.4, 0.5) is 4.79 Å². The Morgan fingerprint density at radius 1 is 1.10 bits per heavy atom. The summed E-state index contributed by atoms with van der Waals surface area (Å²) in [5.41, 5.74) is 0.533. The molecule has 0 saturated heterocycles. The molecule has 1 aliphatic rings. The van der Waals surface area contributed by atoms with Crippen LogP contribution in [0.15, 0.2) is 59.5 Å². The summed E-state index contributed by atoms with van der Waals surface area (Å²) in [6.07, 6.45) is -0.652. The second kappa shape index (κ2) is 5.61. The smallest absolute Gasteiger partial charge is 0.410 e. The minimum absolute atomic E-state index is 0.302. The molecule has 0 aromatic heterocycles. The average molecular weight is 299 g/mol. The predicted molar refractivity (Wildman–Crippen MR) is 80.4 cm³/mol. The number of ether oxygens (including phenoxy) is 1. The zero-order chi connectivity index (χ0) is 14.8. The van der Waals surface area contributed by atoms with Crippen molar-refractivity contribution < 1.29 is 14.3 Å². The topological polar surface area (TPSA) is 46.6 Å². The number of para-hydroxylation sites is 1. The standard InChI is InChI=1S/C16H13NO3S/c1-11-17(16(19)20-12-7-3-2-4-8-12)15(18)13-9-5-6-10-14(13)21-11/h2-11H,1H3. The van der Waals surface area contributed by atoms with Gasteiger partial charge in [0.15, 0.2) is 0 Å². The van der Waals surface area contributed by atoms with Crippen LogP contribution >= 0.6 is 11.8 Å². The van der Waals surface area contributed by atoms with Crippen molar-refractivity contribution in [1.82, 2.24) is 4.90 Å². The maximum Gasteiger partial charge on any atom is 0.423 e. The van der Waals surface area contributed by atoms with Crippen molar-refractivity contribution in [1.29, 1.82) is 0 Å². The van der Waals surface area contributed by atoms with E-state index in [1.54, 1.807) is 36.4 Å². The monoisotopic (exact) mass is 299 g/mol. The molecule has 0 aliphatic carbocycles. The first-order valence-corrected chi connectivity index (χ1v) is 7.41. The minimum atomic E-state index is -0.652. The number of amides is 2. The van der Waals surface area contributed by atoms with E-state index in [9.17, 15) is 9.59 Å². The van der Waals surface area contributed by atoms with Gasteiger partial charge in [-0.1, -0.05) is 42.1 Å². The van der Waals surface area contributed by atoms with E-state index in [-0.39, 0.29) is 11.3 Å². The molecule has 21 heavy (non-hydrogen) atoms. The summed E-state index contributed by atoms with van der Waals surface area (Å²) in [7, 11) is 0. The molecule has 5 heteroatoms. The minimum Gasteiger partial charge on any atom is -0.410 e. The van der Waals surface area contributed by atoms with Crippen molar-refractivity contribution in [2.75, 3.05) is 0 Å². The average Bonchev–Trinajstić information content (AvgIpc) is 2.48. The predicted octanol–water partition coefficient (Wildman–Crippen LogP) is 3.78. The van der Waals surface area contributed by atoms with Crippen LogP contribution in [0.25, 0.3) is 0 Å². The molecule has 1 unspecified atom stereocenters. The van der Waals surface area contributed by atoms with E-state index >= 15 is 0 Å². The summed E-state index contributed by atoms with van der Waals surface area (Å²) in [5.74, 6) is 0.101. The summed E-state index contributed by atoms with van der Waals surface area (Å²) < 4.78 is 5.26. The fourth-order valence-electron chi connectivity index (χ4n) is 2.15. The van der Waals surface area contributed by atoms with Gasteiger partial charge in [-0.25, -0.2) is 9.69 Å². The van der Waals surface area contributed by atoms with Crippen molar-refractivity contribution in [3.63, 3.8) is 0 Å². The van der Waals surface area contributed by atoms with Crippen molar-refractivity contribution >= 4 is 23.8 Å². The molecule has 0 bridgehead atoms. The van der Waals surface area contributed by atoms with E-state index < -0.39 is 6.09 Å². The maximum absolute atomic E-state index is 12.5. The number of thioether (sulfide) groups is 1. The molecular weight excluding hydrogens is 286 g/mol. The normalized spacial score (nSPS) is 17.3. The highest BCUT2D eigenvalue weighted by atomic mass is 32.2. The summed E-state index contributed by atoms with van der Waals surface area (Å²) in [6, 6.07) is 16.0. The third-order valence-corrected chi connectivity index (χ3v) is 4.30. The Bertz CT molecular complexity index is 687. The highest BCUT2D eigenvalue weighted by molar-refractivity contribution is 8.00. The van der Waals surface area contributed by atoms with Crippen LogP contribution in [-0.2, 0) is 0 Å². The van der Waals surface area contributed by atoms with E-state index in [1.165, 1.54) is 11.8 Å². The summed E-state index contributed by atoms with van der Waals surface area (Å²) in [4.78, 5) is 26.8. The Kier molecular flexibility index (Phi) is 3.66. The first-order chi connectivity index (χ1) is 10.2. The number of rotatable bonds is 1. The van der Waals surface area contributed by atoms with Gasteiger partial charge in [0.25, 0.3) is 5.91 Å². The third kappa shape index (κ3) is 2.64. The van der Waals surface area contributed by atoms with Gasteiger partial charge in [-0.3, -0.25) is 4.79 Å².